The smallest absolute Gasteiger partial charge is 0.307 e. The molecule has 1 aliphatic carbocycles. The zero-order chi connectivity index (χ0) is 14.6. The van der Waals surface area contributed by atoms with Gasteiger partial charge in [-0.05, 0) is 51.1 Å². The molecule has 1 unspecified atom stereocenters. The van der Waals surface area contributed by atoms with Crippen molar-refractivity contribution < 1.29 is 9.53 Å². The summed E-state index contributed by atoms with van der Waals surface area (Å²) in [6.45, 7) is 9.43. The molecule has 0 N–H and O–H groups in total. The molecule has 3 nitrogen and oxygen atoms in total. The van der Waals surface area contributed by atoms with Gasteiger partial charge in [0.05, 0.1) is 13.0 Å². The summed E-state index contributed by atoms with van der Waals surface area (Å²) in [5.74, 6) is -0.00644. The Morgan fingerprint density at radius 1 is 1.05 bits per heavy atom. The molecule has 1 saturated carbocycles. The van der Waals surface area contributed by atoms with Crippen LogP contribution in [0.3, 0.4) is 0 Å². The van der Waals surface area contributed by atoms with E-state index in [-0.39, 0.29) is 16.9 Å². The van der Waals surface area contributed by atoms with Gasteiger partial charge in [0.25, 0.3) is 0 Å². The molecule has 1 aliphatic heterocycles. The lowest BCUT2D eigenvalue weighted by Gasteiger charge is -2.57. The number of nitrogens with zero attached hydrogens (tertiary/aromatic N) is 1. The van der Waals surface area contributed by atoms with Crippen molar-refractivity contribution in [1.82, 2.24) is 4.90 Å². The van der Waals surface area contributed by atoms with Crippen molar-refractivity contribution in [3.05, 3.63) is 0 Å². The zero-order valence-corrected chi connectivity index (χ0v) is 13.5. The van der Waals surface area contributed by atoms with Crippen LogP contribution in [0.25, 0.3) is 0 Å². The molecule has 1 saturated heterocycles. The van der Waals surface area contributed by atoms with E-state index < -0.39 is 0 Å². The number of hydrogen-bond acceptors (Lipinski definition) is 3. The molecule has 0 spiro atoms. The van der Waals surface area contributed by atoms with Gasteiger partial charge in [-0.15, -0.1) is 0 Å². The molecule has 0 aromatic rings. The quantitative estimate of drug-likeness (QED) is 0.735. The van der Waals surface area contributed by atoms with Gasteiger partial charge in [-0.1, -0.05) is 33.1 Å². The molecule has 3 heteroatoms. The average Bonchev–Trinajstić information content (AvgIpc) is 2.42. The Kier molecular flexibility index (Phi) is 5.11. The zero-order valence-electron chi connectivity index (χ0n) is 13.5. The minimum Gasteiger partial charge on any atom is -0.466 e. The van der Waals surface area contributed by atoms with E-state index in [0.717, 1.165) is 19.5 Å². The van der Waals surface area contributed by atoms with Gasteiger partial charge in [-0.25, -0.2) is 0 Å². The Bertz CT molecular complexity index is 334. The predicted octanol–water partition coefficient (Wildman–Crippen LogP) is 3.76. The number of likely N-dealkylation sites (tertiary alicyclic amines) is 1. The number of rotatable bonds is 4. The Labute approximate surface area is 124 Å². The van der Waals surface area contributed by atoms with Crippen LogP contribution < -0.4 is 0 Å². The van der Waals surface area contributed by atoms with Gasteiger partial charge in [0, 0.05) is 5.54 Å². The lowest BCUT2D eigenvalue weighted by Crippen LogP contribution is -2.61. The average molecular weight is 281 g/mol. The summed E-state index contributed by atoms with van der Waals surface area (Å²) in [4.78, 5) is 14.8. The van der Waals surface area contributed by atoms with Crippen LogP contribution in [0.15, 0.2) is 0 Å². The van der Waals surface area contributed by atoms with Gasteiger partial charge in [-0.3, -0.25) is 9.69 Å². The minimum atomic E-state index is -0.00644. The van der Waals surface area contributed by atoms with Crippen molar-refractivity contribution in [2.24, 2.45) is 5.41 Å². The highest BCUT2D eigenvalue weighted by molar-refractivity contribution is 5.71. The second-order valence-electron chi connectivity index (χ2n) is 7.15. The Hall–Kier alpha value is -0.570. The second-order valence-corrected chi connectivity index (χ2v) is 7.15. The highest BCUT2D eigenvalue weighted by atomic mass is 16.5. The number of carbonyl (C=O) groups excluding carboxylic acids is 1. The SMILES string of the molecule is CCOC(=O)CC1(N2CCCCC2)CCCCC1(C)C. The summed E-state index contributed by atoms with van der Waals surface area (Å²) in [6.07, 6.45) is 9.40. The maximum atomic E-state index is 12.2. The van der Waals surface area contributed by atoms with Gasteiger partial charge in [0.1, 0.15) is 0 Å². The van der Waals surface area contributed by atoms with Crippen LogP contribution >= 0.6 is 0 Å². The van der Waals surface area contributed by atoms with Crippen molar-refractivity contribution in [1.29, 1.82) is 0 Å². The first-order valence-electron chi connectivity index (χ1n) is 8.42. The molecular weight excluding hydrogens is 250 g/mol. The molecule has 2 rings (SSSR count). The van der Waals surface area contributed by atoms with Gasteiger partial charge in [-0.2, -0.15) is 0 Å². The monoisotopic (exact) mass is 281 g/mol. The van der Waals surface area contributed by atoms with E-state index in [9.17, 15) is 4.79 Å². The van der Waals surface area contributed by atoms with E-state index in [0.29, 0.717) is 13.0 Å². The van der Waals surface area contributed by atoms with E-state index >= 15 is 0 Å². The van der Waals surface area contributed by atoms with Crippen LogP contribution in [-0.2, 0) is 9.53 Å². The summed E-state index contributed by atoms with van der Waals surface area (Å²) in [5.41, 5.74) is 0.229. The number of ether oxygens (including phenoxy) is 1. The molecule has 0 bridgehead atoms. The van der Waals surface area contributed by atoms with Crippen LogP contribution in [0.2, 0.25) is 0 Å². The number of piperidine rings is 1. The fraction of sp³-hybridized carbons (Fsp3) is 0.941. The largest absolute Gasteiger partial charge is 0.466 e. The highest BCUT2D eigenvalue weighted by Gasteiger charge is 2.51. The van der Waals surface area contributed by atoms with Crippen molar-refractivity contribution in [2.75, 3.05) is 19.7 Å². The van der Waals surface area contributed by atoms with E-state index in [1.165, 1.54) is 38.5 Å². The topological polar surface area (TPSA) is 29.5 Å². The molecule has 2 fully saturated rings. The highest BCUT2D eigenvalue weighted by Crippen LogP contribution is 2.50. The van der Waals surface area contributed by atoms with Crippen LogP contribution in [0.4, 0.5) is 0 Å². The molecule has 0 aromatic carbocycles. The van der Waals surface area contributed by atoms with E-state index in [4.69, 9.17) is 4.74 Å². The molecule has 0 amide bonds. The summed E-state index contributed by atoms with van der Waals surface area (Å²) >= 11 is 0. The fourth-order valence-electron chi connectivity index (χ4n) is 4.35. The summed E-state index contributed by atoms with van der Waals surface area (Å²) in [5, 5.41) is 0. The molecule has 0 radical (unpaired) electrons. The van der Waals surface area contributed by atoms with E-state index in [1.54, 1.807) is 0 Å². The third kappa shape index (κ3) is 3.03. The third-order valence-corrected chi connectivity index (χ3v) is 5.61. The maximum Gasteiger partial charge on any atom is 0.307 e. The first-order valence-corrected chi connectivity index (χ1v) is 8.42. The number of esters is 1. The normalized spacial score (nSPS) is 30.9. The molecule has 20 heavy (non-hydrogen) atoms. The lowest BCUT2D eigenvalue weighted by molar-refractivity contribution is -0.153. The second kappa shape index (κ2) is 6.46. The third-order valence-electron chi connectivity index (χ3n) is 5.61. The van der Waals surface area contributed by atoms with Crippen LogP contribution in [-0.4, -0.2) is 36.1 Å². The summed E-state index contributed by atoms with van der Waals surface area (Å²) < 4.78 is 5.29. The summed E-state index contributed by atoms with van der Waals surface area (Å²) in [7, 11) is 0. The Morgan fingerprint density at radius 3 is 2.30 bits per heavy atom. The van der Waals surface area contributed by atoms with Gasteiger partial charge < -0.3 is 4.74 Å². The van der Waals surface area contributed by atoms with Crippen LogP contribution in [0.1, 0.15) is 72.1 Å². The lowest BCUT2D eigenvalue weighted by atomic mass is 9.60. The molecule has 2 aliphatic rings. The standard InChI is InChI=1S/C17H31NO2/c1-4-20-15(19)14-17(18-12-8-5-9-13-18)11-7-6-10-16(17,2)3/h4-14H2,1-3H3. The van der Waals surface area contributed by atoms with E-state index in [2.05, 4.69) is 18.7 Å². The van der Waals surface area contributed by atoms with Crippen molar-refractivity contribution in [3.63, 3.8) is 0 Å². The van der Waals surface area contributed by atoms with Crippen LogP contribution in [0, 0.1) is 5.41 Å². The van der Waals surface area contributed by atoms with Crippen molar-refractivity contribution >= 4 is 5.97 Å². The van der Waals surface area contributed by atoms with Crippen molar-refractivity contribution in [2.45, 2.75) is 77.7 Å². The first-order chi connectivity index (χ1) is 9.52. The number of hydrogen-bond donors (Lipinski definition) is 0. The minimum absolute atomic E-state index is 0.00644. The molecule has 1 heterocycles. The van der Waals surface area contributed by atoms with Gasteiger partial charge in [0.2, 0.25) is 0 Å². The Morgan fingerprint density at radius 2 is 1.70 bits per heavy atom. The van der Waals surface area contributed by atoms with E-state index in [1.807, 2.05) is 6.92 Å². The van der Waals surface area contributed by atoms with Crippen LogP contribution in [0.5, 0.6) is 0 Å². The first kappa shape index (κ1) is 15.8. The van der Waals surface area contributed by atoms with Gasteiger partial charge in [0.15, 0.2) is 0 Å². The molecular formula is C17H31NO2. The molecule has 0 aromatic heterocycles. The Balaban J connectivity index is 2.23. The fourth-order valence-corrected chi connectivity index (χ4v) is 4.35. The maximum absolute atomic E-state index is 12.2. The number of carbonyl (C=O) groups is 1. The van der Waals surface area contributed by atoms with Gasteiger partial charge >= 0.3 is 5.97 Å². The summed E-state index contributed by atoms with van der Waals surface area (Å²) in [6, 6.07) is 0. The van der Waals surface area contributed by atoms with Crippen molar-refractivity contribution in [3.8, 4) is 0 Å². The molecule has 1 atom stereocenters. The molecule has 116 valence electrons. The predicted molar refractivity (Wildman–Crippen MR) is 81.7 cm³/mol.